The molecule has 1 aliphatic heterocycles. The number of hydrogen-bond acceptors (Lipinski definition) is 8. The molecule has 10 nitrogen and oxygen atoms in total. The number of carbonyl (C=O) groups is 1. The fourth-order valence-electron chi connectivity index (χ4n) is 5.70. The number of sulfone groups is 1. The van der Waals surface area contributed by atoms with Gasteiger partial charge in [-0.2, -0.15) is 4.98 Å². The first-order chi connectivity index (χ1) is 20.8. The summed E-state index contributed by atoms with van der Waals surface area (Å²) in [5.41, 5.74) is -0.565. The van der Waals surface area contributed by atoms with E-state index < -0.39 is 36.1 Å². The number of nitrogens with zero attached hydrogens (tertiary/aromatic N) is 5. The molecule has 5 rings (SSSR count). The van der Waals surface area contributed by atoms with Crippen molar-refractivity contribution < 1.29 is 22.7 Å². The number of rotatable bonds is 6. The zero-order chi connectivity index (χ0) is 32.1. The van der Waals surface area contributed by atoms with Crippen molar-refractivity contribution in [3.8, 4) is 22.7 Å². The minimum absolute atomic E-state index is 0.00805. The number of carbonyl (C=O) groups excluding carboxylic acids is 1. The maximum absolute atomic E-state index is 15.1. The normalized spacial score (nSPS) is 17.2. The minimum Gasteiger partial charge on any atom is -0.507 e. The van der Waals surface area contributed by atoms with Crippen LogP contribution in [0, 0.1) is 5.82 Å². The predicted molar refractivity (Wildman–Crippen MR) is 171 cm³/mol. The number of anilines is 1. The molecule has 1 amide bonds. The van der Waals surface area contributed by atoms with Crippen LogP contribution in [-0.2, 0) is 21.1 Å². The number of amides is 1. The number of aromatic nitrogens is 3. The molecule has 1 saturated heterocycles. The van der Waals surface area contributed by atoms with Gasteiger partial charge in [0.15, 0.2) is 24.4 Å². The van der Waals surface area contributed by atoms with Crippen molar-refractivity contribution in [3.05, 3.63) is 82.0 Å². The Morgan fingerprint density at radius 3 is 2.59 bits per heavy atom. The highest BCUT2D eigenvalue weighted by Gasteiger charge is 2.35. The first-order valence-electron chi connectivity index (χ1n) is 13.9. The van der Waals surface area contributed by atoms with Crippen LogP contribution in [0.5, 0.6) is 5.75 Å². The summed E-state index contributed by atoms with van der Waals surface area (Å²) in [4.78, 5) is 37.4. The SMILES string of the molecule is C=CC(=O)N1C[Si@H](C)N(c2nc(=O)n(-c3c(CC)cccc3S(C)(=O)=O)c3nc(-c4c(O)cccc4F)c(Cl)cc23)C[C@H]1C. The lowest BCUT2D eigenvalue weighted by Gasteiger charge is -2.44. The maximum Gasteiger partial charge on any atom is 0.355 e. The van der Waals surface area contributed by atoms with Crippen LogP contribution in [0.2, 0.25) is 11.6 Å². The highest BCUT2D eigenvalue weighted by molar-refractivity contribution is 7.90. The monoisotopic (exact) mass is 655 g/mol. The Hall–Kier alpha value is -4.07. The molecule has 3 heterocycles. The zero-order valence-electron chi connectivity index (χ0n) is 24.6. The van der Waals surface area contributed by atoms with Gasteiger partial charge in [0.1, 0.15) is 17.4 Å². The summed E-state index contributed by atoms with van der Waals surface area (Å²) in [5.74, 6) is -1.10. The minimum atomic E-state index is -3.84. The van der Waals surface area contributed by atoms with Gasteiger partial charge in [0, 0.05) is 25.0 Å². The van der Waals surface area contributed by atoms with E-state index in [-0.39, 0.29) is 50.3 Å². The Bertz CT molecular complexity index is 1980. The average molecular weight is 656 g/mol. The van der Waals surface area contributed by atoms with Crippen LogP contribution in [0.3, 0.4) is 0 Å². The van der Waals surface area contributed by atoms with Gasteiger partial charge in [-0.25, -0.2) is 27.2 Å². The maximum atomic E-state index is 15.1. The van der Waals surface area contributed by atoms with Crippen molar-refractivity contribution in [2.24, 2.45) is 0 Å². The van der Waals surface area contributed by atoms with E-state index >= 15 is 4.39 Å². The molecule has 230 valence electrons. The smallest absolute Gasteiger partial charge is 0.355 e. The second-order valence-electron chi connectivity index (χ2n) is 10.8. The summed E-state index contributed by atoms with van der Waals surface area (Å²) in [6, 6.07) is 9.75. The first-order valence-corrected chi connectivity index (χ1v) is 18.7. The summed E-state index contributed by atoms with van der Waals surface area (Å²) < 4.78 is 44.2. The van der Waals surface area contributed by atoms with E-state index in [9.17, 15) is 23.1 Å². The molecule has 1 N–H and O–H groups in total. The number of fused-ring (bicyclic) bond motifs is 1. The molecule has 1 aliphatic rings. The second-order valence-corrected chi connectivity index (χ2v) is 15.9. The number of pyridine rings is 1. The van der Waals surface area contributed by atoms with Crippen LogP contribution >= 0.6 is 11.6 Å². The third kappa shape index (κ3) is 5.39. The fraction of sp³-hybridized carbons (Fsp3) is 0.267. The predicted octanol–water partition coefficient (Wildman–Crippen LogP) is 4.03. The van der Waals surface area contributed by atoms with Gasteiger partial charge in [0.25, 0.3) is 0 Å². The molecule has 4 aromatic rings. The number of aryl methyl sites for hydroxylation is 1. The summed E-state index contributed by atoms with van der Waals surface area (Å²) >= 11 is 6.72. The van der Waals surface area contributed by atoms with Crippen LogP contribution in [0.15, 0.2) is 64.8 Å². The van der Waals surface area contributed by atoms with E-state index in [4.69, 9.17) is 11.6 Å². The lowest BCUT2D eigenvalue weighted by Crippen LogP contribution is -2.60. The molecule has 0 bridgehead atoms. The van der Waals surface area contributed by atoms with Gasteiger partial charge >= 0.3 is 5.69 Å². The van der Waals surface area contributed by atoms with Gasteiger partial charge in [-0.3, -0.25) is 4.79 Å². The number of phenolic OH excluding ortho intramolecular Hbond substituents is 1. The summed E-state index contributed by atoms with van der Waals surface area (Å²) in [6.07, 6.45) is 3.16. The van der Waals surface area contributed by atoms with Crippen molar-refractivity contribution in [2.45, 2.75) is 37.8 Å². The van der Waals surface area contributed by atoms with Crippen molar-refractivity contribution in [2.75, 3.05) is 23.5 Å². The molecule has 0 spiro atoms. The van der Waals surface area contributed by atoms with E-state index in [1.165, 1.54) is 30.3 Å². The molecule has 0 aliphatic carbocycles. The largest absolute Gasteiger partial charge is 0.507 e. The van der Waals surface area contributed by atoms with E-state index in [0.29, 0.717) is 30.1 Å². The lowest BCUT2D eigenvalue weighted by atomic mass is 10.1. The molecule has 44 heavy (non-hydrogen) atoms. The lowest BCUT2D eigenvalue weighted by molar-refractivity contribution is -0.127. The molecule has 0 saturated carbocycles. The topological polar surface area (TPSA) is 126 Å². The standard InChI is InChI=1S/C30H31ClFN5O5SSi/c1-6-18-10-8-13-23(43(4,41)42)27(18)37-29-19(14-20(31)26(33-29)25-21(32)11-9-12-22(25)38)28(34-30(37)40)36-15-17(3)35(16-44(36)5)24(39)7-2/h7-14,17,38,44H,2,6,15-16H2,1,3-5H3/t17-,44+/m1/s1. The molecule has 1 fully saturated rings. The van der Waals surface area contributed by atoms with Gasteiger partial charge < -0.3 is 14.6 Å². The van der Waals surface area contributed by atoms with Crippen molar-refractivity contribution >= 4 is 53.2 Å². The van der Waals surface area contributed by atoms with Gasteiger partial charge in [-0.05, 0) is 49.2 Å². The summed E-state index contributed by atoms with van der Waals surface area (Å²) in [5, 5.41) is 10.9. The Labute approximate surface area is 260 Å². The third-order valence-electron chi connectivity index (χ3n) is 7.83. The number of para-hydroxylation sites is 1. The Kier molecular flexibility index (Phi) is 8.40. The number of hydrogen-bond donors (Lipinski definition) is 1. The number of aromatic hydroxyl groups is 1. The van der Waals surface area contributed by atoms with Crippen LogP contribution in [0.25, 0.3) is 28.0 Å². The molecule has 0 unspecified atom stereocenters. The molecule has 2 aromatic carbocycles. The molecule has 14 heteroatoms. The molecular formula is C30H31ClFN5O5SSi. The Morgan fingerprint density at radius 1 is 1.25 bits per heavy atom. The highest BCUT2D eigenvalue weighted by atomic mass is 35.5. The Balaban J connectivity index is 1.89. The number of halogens is 2. The molecular weight excluding hydrogens is 625 g/mol. The quantitative estimate of drug-likeness (QED) is 0.244. The van der Waals surface area contributed by atoms with Gasteiger partial charge in [-0.1, -0.05) is 49.8 Å². The summed E-state index contributed by atoms with van der Waals surface area (Å²) in [6.45, 7) is 9.70. The number of phenols is 1. The summed E-state index contributed by atoms with van der Waals surface area (Å²) in [7, 11) is -5.80. The molecule has 0 radical (unpaired) electrons. The average Bonchev–Trinajstić information content (AvgIpc) is 2.97. The van der Waals surface area contributed by atoms with E-state index in [0.717, 1.165) is 16.9 Å². The van der Waals surface area contributed by atoms with Gasteiger partial charge in [-0.15, -0.1) is 0 Å². The van der Waals surface area contributed by atoms with Crippen molar-refractivity contribution in [3.63, 3.8) is 0 Å². The fourth-order valence-corrected chi connectivity index (χ4v) is 9.43. The van der Waals surface area contributed by atoms with Crippen molar-refractivity contribution in [1.29, 1.82) is 0 Å². The van der Waals surface area contributed by atoms with E-state index in [1.54, 1.807) is 17.0 Å². The van der Waals surface area contributed by atoms with Crippen LogP contribution in [-0.4, -0.2) is 72.8 Å². The Morgan fingerprint density at radius 2 is 1.95 bits per heavy atom. The number of benzene rings is 2. The van der Waals surface area contributed by atoms with E-state index in [2.05, 4.69) is 16.5 Å². The van der Waals surface area contributed by atoms with Crippen LogP contribution in [0.1, 0.15) is 19.4 Å². The van der Waals surface area contributed by atoms with Crippen LogP contribution < -0.4 is 10.3 Å². The molecule has 2 atom stereocenters. The van der Waals surface area contributed by atoms with E-state index in [1.807, 2.05) is 25.0 Å². The third-order valence-corrected chi connectivity index (χ3v) is 11.7. The van der Waals surface area contributed by atoms with Gasteiger partial charge in [0.05, 0.1) is 32.2 Å². The highest BCUT2D eigenvalue weighted by Crippen LogP contribution is 2.39. The van der Waals surface area contributed by atoms with Crippen molar-refractivity contribution in [1.82, 2.24) is 19.4 Å². The van der Waals surface area contributed by atoms with Gasteiger partial charge in [0.2, 0.25) is 5.91 Å². The molecule has 2 aromatic heterocycles. The zero-order valence-corrected chi connectivity index (χ0v) is 27.3. The second kappa shape index (κ2) is 11.8. The van der Waals surface area contributed by atoms with Crippen LogP contribution in [0.4, 0.5) is 10.2 Å². The first kappa shape index (κ1) is 31.4.